The Morgan fingerprint density at radius 2 is 1.82 bits per heavy atom. The van der Waals surface area contributed by atoms with Crippen molar-refractivity contribution in [2.45, 2.75) is 37.5 Å². The normalized spacial score (nSPS) is 21.1. The number of halogens is 2. The lowest BCUT2D eigenvalue weighted by atomic mass is 9.78. The summed E-state index contributed by atoms with van der Waals surface area (Å²) < 4.78 is 26.9. The van der Waals surface area contributed by atoms with Crippen LogP contribution in [0.1, 0.15) is 37.7 Å². The number of nitrogens with one attached hydrogen (secondary N) is 1. The van der Waals surface area contributed by atoms with Gasteiger partial charge in [-0.25, -0.2) is 8.78 Å². The van der Waals surface area contributed by atoms with Crippen LogP contribution in [0.5, 0.6) is 0 Å². The Bertz CT molecular complexity index is 831. The van der Waals surface area contributed by atoms with E-state index in [0.29, 0.717) is 12.5 Å². The van der Waals surface area contributed by atoms with Crippen LogP contribution >= 0.6 is 0 Å². The van der Waals surface area contributed by atoms with Gasteiger partial charge in [0.1, 0.15) is 11.6 Å². The van der Waals surface area contributed by atoms with Crippen molar-refractivity contribution in [3.05, 3.63) is 65.7 Å². The molecular weight excluding hydrogens is 358 g/mol. The second-order valence-electron chi connectivity index (χ2n) is 8.09. The Balaban J connectivity index is 1.39. The summed E-state index contributed by atoms with van der Waals surface area (Å²) in [6.07, 6.45) is 4.52. The van der Waals surface area contributed by atoms with Gasteiger partial charge in [-0.05, 0) is 67.1 Å². The fourth-order valence-corrected chi connectivity index (χ4v) is 4.70. The van der Waals surface area contributed by atoms with E-state index in [2.05, 4.69) is 10.2 Å². The molecule has 2 aliphatic rings. The molecule has 5 heteroatoms. The Labute approximate surface area is 164 Å². The molecule has 0 spiro atoms. The average Bonchev–Trinajstić information content (AvgIpc) is 3.37. The molecule has 148 valence electrons. The summed E-state index contributed by atoms with van der Waals surface area (Å²) in [4.78, 5) is 15.4. The maximum absolute atomic E-state index is 13.8. The van der Waals surface area contributed by atoms with Crippen molar-refractivity contribution in [3.8, 4) is 0 Å². The summed E-state index contributed by atoms with van der Waals surface area (Å²) in [5.41, 5.74) is 1.21. The number of carbonyl (C=O) groups excluding carboxylic acids is 1. The molecule has 2 aromatic carbocycles. The van der Waals surface area contributed by atoms with Gasteiger partial charge in [-0.15, -0.1) is 0 Å². The van der Waals surface area contributed by atoms with Gasteiger partial charge >= 0.3 is 0 Å². The third-order valence-electron chi connectivity index (χ3n) is 6.30. The monoisotopic (exact) mass is 384 g/mol. The van der Waals surface area contributed by atoms with Crippen molar-refractivity contribution in [2.75, 3.05) is 24.5 Å². The average molecular weight is 384 g/mol. The molecule has 1 atom stereocenters. The number of anilines is 1. The molecule has 1 aliphatic carbocycles. The molecule has 1 saturated carbocycles. The number of amides is 1. The van der Waals surface area contributed by atoms with E-state index >= 15 is 0 Å². The topological polar surface area (TPSA) is 32.3 Å². The van der Waals surface area contributed by atoms with Crippen molar-refractivity contribution in [3.63, 3.8) is 0 Å². The zero-order valence-electron chi connectivity index (χ0n) is 16.0. The first-order chi connectivity index (χ1) is 13.6. The minimum Gasteiger partial charge on any atom is -0.371 e. The first kappa shape index (κ1) is 18.9. The predicted octanol–water partition coefficient (Wildman–Crippen LogP) is 4.42. The van der Waals surface area contributed by atoms with Crippen LogP contribution < -0.4 is 10.2 Å². The first-order valence-electron chi connectivity index (χ1n) is 10.1. The molecule has 1 amide bonds. The molecule has 28 heavy (non-hydrogen) atoms. The van der Waals surface area contributed by atoms with E-state index < -0.39 is 5.41 Å². The smallest absolute Gasteiger partial charge is 0.230 e. The van der Waals surface area contributed by atoms with Crippen LogP contribution in [0.3, 0.4) is 0 Å². The highest BCUT2D eigenvalue weighted by molar-refractivity contribution is 5.88. The van der Waals surface area contributed by atoms with Gasteiger partial charge in [0.2, 0.25) is 5.91 Å². The third-order valence-corrected chi connectivity index (χ3v) is 6.30. The summed E-state index contributed by atoms with van der Waals surface area (Å²) in [6.45, 7) is 2.37. The first-order valence-corrected chi connectivity index (χ1v) is 10.1. The van der Waals surface area contributed by atoms with E-state index in [4.69, 9.17) is 0 Å². The molecule has 1 saturated heterocycles. The molecule has 1 N–H and O–H groups in total. The molecule has 1 aliphatic heterocycles. The van der Waals surface area contributed by atoms with E-state index in [1.165, 1.54) is 24.3 Å². The van der Waals surface area contributed by atoms with Crippen LogP contribution in [-0.4, -0.2) is 25.5 Å². The minimum absolute atomic E-state index is 0.0239. The number of hydrogen-bond acceptors (Lipinski definition) is 2. The van der Waals surface area contributed by atoms with Crippen molar-refractivity contribution in [2.24, 2.45) is 5.92 Å². The molecule has 0 radical (unpaired) electrons. The number of carbonyl (C=O) groups is 1. The predicted molar refractivity (Wildman–Crippen MR) is 106 cm³/mol. The van der Waals surface area contributed by atoms with Crippen LogP contribution in [0, 0.1) is 17.6 Å². The fraction of sp³-hybridized carbons (Fsp3) is 0.435. The van der Waals surface area contributed by atoms with Crippen molar-refractivity contribution < 1.29 is 13.6 Å². The van der Waals surface area contributed by atoms with Crippen LogP contribution in [-0.2, 0) is 10.2 Å². The highest BCUT2D eigenvalue weighted by atomic mass is 19.1. The maximum atomic E-state index is 13.8. The van der Waals surface area contributed by atoms with Gasteiger partial charge in [-0.3, -0.25) is 4.79 Å². The summed E-state index contributed by atoms with van der Waals surface area (Å²) in [6, 6.07) is 13.1. The Morgan fingerprint density at radius 3 is 2.54 bits per heavy atom. The second-order valence-corrected chi connectivity index (χ2v) is 8.09. The zero-order valence-corrected chi connectivity index (χ0v) is 16.0. The summed E-state index contributed by atoms with van der Waals surface area (Å²) in [7, 11) is 0. The van der Waals surface area contributed by atoms with Crippen LogP contribution in [0.15, 0.2) is 48.5 Å². The molecule has 0 bridgehead atoms. The Hall–Kier alpha value is -2.43. The molecule has 3 nitrogen and oxygen atoms in total. The Morgan fingerprint density at radius 1 is 1.07 bits per heavy atom. The van der Waals surface area contributed by atoms with Gasteiger partial charge in [0, 0.05) is 25.3 Å². The lowest BCUT2D eigenvalue weighted by molar-refractivity contribution is -0.126. The van der Waals surface area contributed by atoms with Crippen molar-refractivity contribution in [1.29, 1.82) is 0 Å². The number of benzene rings is 2. The quantitative estimate of drug-likeness (QED) is 0.828. The second kappa shape index (κ2) is 7.90. The maximum Gasteiger partial charge on any atom is 0.230 e. The van der Waals surface area contributed by atoms with E-state index in [0.717, 1.165) is 56.4 Å². The van der Waals surface area contributed by atoms with Crippen LogP contribution in [0.2, 0.25) is 0 Å². The summed E-state index contributed by atoms with van der Waals surface area (Å²) in [5, 5.41) is 3.16. The van der Waals surface area contributed by atoms with Crippen LogP contribution in [0.25, 0.3) is 0 Å². The molecule has 0 aromatic heterocycles. The highest BCUT2D eigenvalue weighted by Gasteiger charge is 2.43. The standard InChI is InChI=1S/C23H26F2N2O/c24-19-6-8-21(9-7-19)27-13-10-17(16-27)15-26-22(28)23(11-1-2-12-23)18-4-3-5-20(25)14-18/h3-9,14,17H,1-2,10-13,15-16H2,(H,26,28). The van der Waals surface area contributed by atoms with E-state index in [9.17, 15) is 13.6 Å². The molecule has 2 aromatic rings. The third kappa shape index (κ3) is 3.75. The Kier molecular flexibility index (Phi) is 5.33. The van der Waals surface area contributed by atoms with Gasteiger partial charge < -0.3 is 10.2 Å². The minimum atomic E-state index is -0.600. The molecule has 1 unspecified atom stereocenters. The van der Waals surface area contributed by atoms with E-state index in [1.807, 2.05) is 6.07 Å². The number of rotatable bonds is 5. The molecule has 1 heterocycles. The largest absolute Gasteiger partial charge is 0.371 e. The lowest BCUT2D eigenvalue weighted by Gasteiger charge is -2.29. The number of nitrogens with zero attached hydrogens (tertiary/aromatic N) is 1. The van der Waals surface area contributed by atoms with Crippen molar-refractivity contribution in [1.82, 2.24) is 5.32 Å². The molecule has 4 rings (SSSR count). The fourth-order valence-electron chi connectivity index (χ4n) is 4.70. The van der Waals surface area contributed by atoms with Gasteiger partial charge in [0.25, 0.3) is 0 Å². The van der Waals surface area contributed by atoms with Gasteiger partial charge in [0.15, 0.2) is 0 Å². The van der Waals surface area contributed by atoms with Crippen LogP contribution in [0.4, 0.5) is 14.5 Å². The van der Waals surface area contributed by atoms with E-state index in [1.54, 1.807) is 18.2 Å². The van der Waals surface area contributed by atoms with Gasteiger partial charge in [-0.1, -0.05) is 25.0 Å². The molecule has 2 fully saturated rings. The highest BCUT2D eigenvalue weighted by Crippen LogP contribution is 2.41. The van der Waals surface area contributed by atoms with Gasteiger partial charge in [0.05, 0.1) is 5.41 Å². The SMILES string of the molecule is O=C(NCC1CCN(c2ccc(F)cc2)C1)C1(c2cccc(F)c2)CCCC1. The number of hydrogen-bond donors (Lipinski definition) is 1. The van der Waals surface area contributed by atoms with Gasteiger partial charge in [-0.2, -0.15) is 0 Å². The van der Waals surface area contributed by atoms with E-state index in [-0.39, 0.29) is 17.5 Å². The lowest BCUT2D eigenvalue weighted by Crippen LogP contribution is -2.44. The summed E-state index contributed by atoms with van der Waals surface area (Å²) >= 11 is 0. The zero-order chi connectivity index (χ0) is 19.6. The molecular formula is C23H26F2N2O. The summed E-state index contributed by atoms with van der Waals surface area (Å²) in [5.74, 6) is -0.135. The van der Waals surface area contributed by atoms with Crippen molar-refractivity contribution >= 4 is 11.6 Å².